The van der Waals surface area contributed by atoms with Gasteiger partial charge in [-0.05, 0) is 50.6 Å². The van der Waals surface area contributed by atoms with Crippen LogP contribution in [0.2, 0.25) is 0 Å². The second kappa shape index (κ2) is 12.0. The van der Waals surface area contributed by atoms with Gasteiger partial charge in [0.05, 0.1) is 33.9 Å². The lowest BCUT2D eigenvalue weighted by Crippen LogP contribution is -2.75. The Kier molecular flexibility index (Phi) is 7.27. The van der Waals surface area contributed by atoms with Gasteiger partial charge in [0.15, 0.2) is 8.07 Å². The normalized spacial score (nSPS) is 11.3. The van der Waals surface area contributed by atoms with Crippen molar-refractivity contribution >= 4 is 50.6 Å². The van der Waals surface area contributed by atoms with E-state index in [2.05, 4.69) is 150 Å². The van der Waals surface area contributed by atoms with Crippen LogP contribution in [-0.4, -0.2) is 12.6 Å². The molecule has 0 radical (unpaired) electrons. The SMILES string of the molecule is N#Cc1cc(-c2ccccc2[Si](c2ccccc2)(c2ccccc2)c2ccccc2)c(C#N)c(-n2c3ccccc3c3ccccc32)c1. The second-order valence-corrected chi connectivity index (χ2v) is 15.7. The van der Waals surface area contributed by atoms with Crippen molar-refractivity contribution in [2.45, 2.75) is 0 Å². The van der Waals surface area contributed by atoms with Gasteiger partial charge in [-0.25, -0.2) is 0 Å². The van der Waals surface area contributed by atoms with Crippen LogP contribution >= 0.6 is 0 Å². The van der Waals surface area contributed by atoms with Gasteiger partial charge in [0.25, 0.3) is 0 Å². The van der Waals surface area contributed by atoms with E-state index < -0.39 is 8.07 Å². The van der Waals surface area contributed by atoms with E-state index in [1.807, 2.05) is 42.5 Å². The summed E-state index contributed by atoms with van der Waals surface area (Å²) in [5.74, 6) is 0. The van der Waals surface area contributed by atoms with E-state index in [-0.39, 0.29) is 0 Å². The third-order valence-corrected chi connectivity index (χ3v) is 14.3. The highest BCUT2D eigenvalue weighted by atomic mass is 28.3. The lowest BCUT2D eigenvalue weighted by molar-refractivity contribution is 1.16. The molecule has 0 fully saturated rings. The summed E-state index contributed by atoms with van der Waals surface area (Å²) in [5, 5.41) is 28.6. The summed E-state index contributed by atoms with van der Waals surface area (Å²) in [5.41, 5.74) is 5.43. The third kappa shape index (κ3) is 4.48. The molecule has 224 valence electrons. The van der Waals surface area contributed by atoms with Crippen LogP contribution in [0.4, 0.5) is 0 Å². The van der Waals surface area contributed by atoms with E-state index in [9.17, 15) is 10.5 Å². The van der Waals surface area contributed by atoms with Gasteiger partial charge in [0.2, 0.25) is 0 Å². The molecule has 0 saturated heterocycles. The monoisotopic (exact) mass is 627 g/mol. The van der Waals surface area contributed by atoms with Crippen molar-refractivity contribution in [1.82, 2.24) is 4.57 Å². The Bertz CT molecular complexity index is 2370. The molecule has 0 spiro atoms. The van der Waals surface area contributed by atoms with Crippen LogP contribution in [-0.2, 0) is 0 Å². The predicted molar refractivity (Wildman–Crippen MR) is 199 cm³/mol. The highest BCUT2D eigenvalue weighted by molar-refractivity contribution is 7.20. The third-order valence-electron chi connectivity index (χ3n) is 9.42. The molecule has 8 rings (SSSR count). The Morgan fingerprint density at radius 2 is 0.896 bits per heavy atom. The number of para-hydroxylation sites is 2. The van der Waals surface area contributed by atoms with E-state index in [0.29, 0.717) is 16.8 Å². The molecule has 0 unspecified atom stereocenters. The number of fused-ring (bicyclic) bond motifs is 3. The molecule has 0 aliphatic heterocycles. The maximum absolute atomic E-state index is 11.1. The first-order valence-corrected chi connectivity index (χ1v) is 18.0. The van der Waals surface area contributed by atoms with Crippen molar-refractivity contribution in [3.63, 3.8) is 0 Å². The second-order valence-electron chi connectivity index (χ2n) is 11.9. The molecular formula is C44H29N3Si. The number of nitrogens with zero attached hydrogens (tertiary/aromatic N) is 3. The molecule has 1 heterocycles. The summed E-state index contributed by atoms with van der Waals surface area (Å²) >= 11 is 0. The van der Waals surface area contributed by atoms with E-state index in [4.69, 9.17) is 0 Å². The summed E-state index contributed by atoms with van der Waals surface area (Å²) in [6.07, 6.45) is 0. The number of nitriles is 2. The maximum Gasteiger partial charge on any atom is 0.180 e. The van der Waals surface area contributed by atoms with Gasteiger partial charge >= 0.3 is 0 Å². The van der Waals surface area contributed by atoms with Crippen molar-refractivity contribution in [2.24, 2.45) is 0 Å². The van der Waals surface area contributed by atoms with Crippen LogP contribution in [0.25, 0.3) is 38.6 Å². The Morgan fingerprint density at radius 3 is 1.40 bits per heavy atom. The fraction of sp³-hybridized carbons (Fsp3) is 0. The Labute approximate surface area is 280 Å². The first-order valence-electron chi connectivity index (χ1n) is 16.0. The molecule has 0 aliphatic carbocycles. The summed E-state index contributed by atoms with van der Waals surface area (Å²) in [6.45, 7) is 0. The summed E-state index contributed by atoms with van der Waals surface area (Å²) in [4.78, 5) is 0. The van der Waals surface area contributed by atoms with E-state index >= 15 is 0 Å². The van der Waals surface area contributed by atoms with Crippen molar-refractivity contribution in [1.29, 1.82) is 10.5 Å². The quantitative estimate of drug-likeness (QED) is 0.141. The fourth-order valence-electron chi connectivity index (χ4n) is 7.46. The first kappa shape index (κ1) is 29.0. The van der Waals surface area contributed by atoms with Gasteiger partial charge in [-0.3, -0.25) is 0 Å². The van der Waals surface area contributed by atoms with Crippen LogP contribution in [0.5, 0.6) is 0 Å². The molecule has 0 amide bonds. The van der Waals surface area contributed by atoms with Gasteiger partial charge in [0, 0.05) is 16.3 Å². The van der Waals surface area contributed by atoms with Crippen molar-refractivity contribution in [3.8, 4) is 29.0 Å². The fourth-order valence-corrected chi connectivity index (χ4v) is 12.4. The Balaban J connectivity index is 1.51. The summed E-state index contributed by atoms with van der Waals surface area (Å²) in [7, 11) is -2.96. The van der Waals surface area contributed by atoms with Crippen LogP contribution < -0.4 is 20.7 Å². The zero-order valence-corrected chi connectivity index (χ0v) is 27.1. The molecule has 0 atom stereocenters. The molecule has 0 saturated carbocycles. The number of rotatable bonds is 6. The predicted octanol–water partition coefficient (Wildman–Crippen LogP) is 7.57. The summed E-state index contributed by atoms with van der Waals surface area (Å²) < 4.78 is 2.15. The van der Waals surface area contributed by atoms with Gasteiger partial charge < -0.3 is 4.57 Å². The first-order chi connectivity index (χ1) is 23.8. The number of aromatic nitrogens is 1. The topological polar surface area (TPSA) is 52.5 Å². The van der Waals surface area contributed by atoms with Gasteiger partial charge in [-0.2, -0.15) is 10.5 Å². The summed E-state index contributed by atoms with van der Waals surface area (Å²) in [6, 6.07) is 66.1. The molecule has 0 bridgehead atoms. The standard InChI is InChI=1S/C44H29N3Si/c45-30-32-28-39(40(31-46)43(29-32)47-41-25-13-10-22-36(41)37-23-11-14-26-42(37)47)38-24-12-15-27-44(38)48(33-16-4-1-5-17-33,34-18-6-2-7-19-34)35-20-8-3-9-21-35/h1-29H. The minimum absolute atomic E-state index is 0.502. The van der Waals surface area contributed by atoms with E-state index in [1.165, 1.54) is 15.6 Å². The van der Waals surface area contributed by atoms with Gasteiger partial charge in [-0.1, -0.05) is 152 Å². The van der Waals surface area contributed by atoms with Gasteiger partial charge in [-0.15, -0.1) is 0 Å². The molecule has 7 aromatic carbocycles. The zero-order valence-electron chi connectivity index (χ0n) is 26.1. The van der Waals surface area contributed by atoms with Crippen molar-refractivity contribution in [2.75, 3.05) is 0 Å². The number of hydrogen-bond donors (Lipinski definition) is 0. The van der Waals surface area contributed by atoms with E-state index in [1.54, 1.807) is 0 Å². The molecule has 0 aliphatic rings. The molecule has 1 aromatic heterocycles. The van der Waals surface area contributed by atoms with Crippen LogP contribution in [0.1, 0.15) is 11.1 Å². The van der Waals surface area contributed by atoms with Crippen LogP contribution in [0, 0.1) is 22.7 Å². The zero-order chi connectivity index (χ0) is 32.5. The lowest BCUT2D eigenvalue weighted by Gasteiger charge is -2.36. The van der Waals surface area contributed by atoms with Crippen molar-refractivity contribution < 1.29 is 0 Å². The van der Waals surface area contributed by atoms with Crippen molar-refractivity contribution in [3.05, 3.63) is 187 Å². The molecule has 3 nitrogen and oxygen atoms in total. The van der Waals surface area contributed by atoms with Crippen LogP contribution in [0.15, 0.2) is 176 Å². The Hall–Kier alpha value is -6.46. The maximum atomic E-state index is 11.1. The highest BCUT2D eigenvalue weighted by Crippen LogP contribution is 2.36. The molecule has 48 heavy (non-hydrogen) atoms. The van der Waals surface area contributed by atoms with E-state index in [0.717, 1.165) is 38.1 Å². The van der Waals surface area contributed by atoms with Gasteiger partial charge in [0.1, 0.15) is 6.07 Å². The average Bonchev–Trinajstić information content (AvgIpc) is 3.50. The molecule has 8 aromatic rings. The molecule has 4 heteroatoms. The van der Waals surface area contributed by atoms with Crippen LogP contribution in [0.3, 0.4) is 0 Å². The molecule has 0 N–H and O–H groups in total. The largest absolute Gasteiger partial charge is 0.308 e. The number of benzene rings is 7. The lowest BCUT2D eigenvalue weighted by atomic mass is 9.96. The Morgan fingerprint density at radius 1 is 0.438 bits per heavy atom. The minimum atomic E-state index is -2.96. The number of hydrogen-bond acceptors (Lipinski definition) is 2. The molecular weight excluding hydrogens is 599 g/mol. The minimum Gasteiger partial charge on any atom is -0.308 e. The highest BCUT2D eigenvalue weighted by Gasteiger charge is 2.43. The average molecular weight is 628 g/mol. The smallest absolute Gasteiger partial charge is 0.180 e.